The predicted molar refractivity (Wildman–Crippen MR) is 81.0 cm³/mol. The molecule has 0 fully saturated rings. The van der Waals surface area contributed by atoms with E-state index in [0.29, 0.717) is 5.69 Å². The van der Waals surface area contributed by atoms with Crippen LogP contribution in [0.1, 0.15) is 16.1 Å². The maximum Gasteiger partial charge on any atom is 0.335 e. The van der Waals surface area contributed by atoms with Crippen molar-refractivity contribution < 1.29 is 14.7 Å². The SMILES string of the molecule is Cn1cccc1/C=C(\C#N)C(=O)Nc1ccc(C(=O)O)cc1. The minimum atomic E-state index is -1.04. The van der Waals surface area contributed by atoms with Gasteiger partial charge in [-0.05, 0) is 42.5 Å². The summed E-state index contributed by atoms with van der Waals surface area (Å²) >= 11 is 0. The third-order valence-corrected chi connectivity index (χ3v) is 3.03. The molecule has 110 valence electrons. The molecule has 0 aliphatic heterocycles. The van der Waals surface area contributed by atoms with Gasteiger partial charge in [-0.3, -0.25) is 4.79 Å². The fourth-order valence-electron chi connectivity index (χ4n) is 1.82. The molecule has 0 aliphatic rings. The number of aromatic carboxylic acids is 1. The molecular formula is C16H13N3O3. The summed E-state index contributed by atoms with van der Waals surface area (Å²) in [5, 5.41) is 20.5. The number of rotatable bonds is 4. The molecule has 0 saturated carbocycles. The average Bonchev–Trinajstić information content (AvgIpc) is 2.90. The Morgan fingerprint density at radius 2 is 1.95 bits per heavy atom. The number of nitrogens with zero attached hydrogens (tertiary/aromatic N) is 2. The van der Waals surface area contributed by atoms with Gasteiger partial charge in [-0.2, -0.15) is 5.26 Å². The Hall–Kier alpha value is -3.33. The van der Waals surface area contributed by atoms with E-state index in [-0.39, 0.29) is 11.1 Å². The van der Waals surface area contributed by atoms with Gasteiger partial charge in [0.1, 0.15) is 11.6 Å². The molecule has 1 aromatic heterocycles. The van der Waals surface area contributed by atoms with Crippen molar-refractivity contribution in [3.8, 4) is 6.07 Å². The molecule has 0 atom stereocenters. The van der Waals surface area contributed by atoms with Gasteiger partial charge in [0, 0.05) is 24.6 Å². The summed E-state index contributed by atoms with van der Waals surface area (Å²) in [6.07, 6.45) is 3.30. The Balaban J connectivity index is 2.16. The van der Waals surface area contributed by atoms with Crippen molar-refractivity contribution in [1.82, 2.24) is 4.57 Å². The van der Waals surface area contributed by atoms with Crippen LogP contribution < -0.4 is 5.32 Å². The van der Waals surface area contributed by atoms with Crippen molar-refractivity contribution in [3.05, 3.63) is 59.4 Å². The normalized spacial score (nSPS) is 10.8. The van der Waals surface area contributed by atoms with E-state index in [0.717, 1.165) is 5.69 Å². The molecule has 2 N–H and O–H groups in total. The highest BCUT2D eigenvalue weighted by molar-refractivity contribution is 6.09. The molecular weight excluding hydrogens is 282 g/mol. The lowest BCUT2D eigenvalue weighted by atomic mass is 10.2. The van der Waals surface area contributed by atoms with Gasteiger partial charge in [0.15, 0.2) is 0 Å². The number of carbonyl (C=O) groups excluding carboxylic acids is 1. The first-order valence-electron chi connectivity index (χ1n) is 6.39. The van der Waals surface area contributed by atoms with E-state index in [2.05, 4.69) is 5.32 Å². The minimum absolute atomic E-state index is 0.0379. The Morgan fingerprint density at radius 3 is 2.45 bits per heavy atom. The minimum Gasteiger partial charge on any atom is -0.478 e. The van der Waals surface area contributed by atoms with Crippen molar-refractivity contribution in [3.63, 3.8) is 0 Å². The van der Waals surface area contributed by atoms with Crippen LogP contribution in [0, 0.1) is 11.3 Å². The van der Waals surface area contributed by atoms with Crippen molar-refractivity contribution >= 4 is 23.6 Å². The number of aryl methyl sites for hydroxylation is 1. The van der Waals surface area contributed by atoms with E-state index >= 15 is 0 Å². The van der Waals surface area contributed by atoms with Gasteiger partial charge in [-0.25, -0.2) is 4.79 Å². The number of benzene rings is 1. The standard InChI is InChI=1S/C16H13N3O3/c1-19-8-2-3-14(19)9-12(10-17)15(20)18-13-6-4-11(5-7-13)16(21)22/h2-9H,1H3,(H,18,20)(H,21,22)/b12-9+. The van der Waals surface area contributed by atoms with E-state index in [1.54, 1.807) is 10.6 Å². The maximum atomic E-state index is 12.1. The van der Waals surface area contributed by atoms with Crippen LogP contribution in [0.25, 0.3) is 6.08 Å². The second-order valence-electron chi connectivity index (χ2n) is 4.55. The van der Waals surface area contributed by atoms with Gasteiger partial charge in [-0.1, -0.05) is 0 Å². The van der Waals surface area contributed by atoms with E-state index in [4.69, 9.17) is 10.4 Å². The maximum absolute atomic E-state index is 12.1. The fourth-order valence-corrected chi connectivity index (χ4v) is 1.82. The highest BCUT2D eigenvalue weighted by atomic mass is 16.4. The first-order chi connectivity index (χ1) is 10.5. The zero-order valence-electron chi connectivity index (χ0n) is 11.8. The highest BCUT2D eigenvalue weighted by Gasteiger charge is 2.11. The van der Waals surface area contributed by atoms with E-state index < -0.39 is 11.9 Å². The Labute approximate surface area is 126 Å². The predicted octanol–water partition coefficient (Wildman–Crippen LogP) is 2.27. The molecule has 1 aromatic carbocycles. The number of carbonyl (C=O) groups is 2. The molecule has 0 radical (unpaired) electrons. The summed E-state index contributed by atoms with van der Waals surface area (Å²) in [4.78, 5) is 22.8. The Bertz CT molecular complexity index is 780. The Kier molecular flexibility index (Phi) is 4.39. The quantitative estimate of drug-likeness (QED) is 0.668. The number of hydrogen-bond donors (Lipinski definition) is 2. The fraction of sp³-hybridized carbons (Fsp3) is 0.0625. The van der Waals surface area contributed by atoms with E-state index in [1.165, 1.54) is 30.3 Å². The van der Waals surface area contributed by atoms with Gasteiger partial charge >= 0.3 is 5.97 Å². The number of amides is 1. The molecule has 0 unspecified atom stereocenters. The number of carboxylic acid groups (broad SMARTS) is 1. The zero-order chi connectivity index (χ0) is 16.1. The van der Waals surface area contributed by atoms with Crippen LogP contribution in [0.4, 0.5) is 5.69 Å². The van der Waals surface area contributed by atoms with Crippen LogP contribution in [-0.2, 0) is 11.8 Å². The molecule has 0 bridgehead atoms. The Morgan fingerprint density at radius 1 is 1.27 bits per heavy atom. The second kappa shape index (κ2) is 6.41. The van der Waals surface area contributed by atoms with Gasteiger partial charge in [0.2, 0.25) is 0 Å². The number of carboxylic acids is 1. The number of aromatic nitrogens is 1. The summed E-state index contributed by atoms with van der Waals surface area (Å²) in [5.74, 6) is -1.59. The molecule has 1 heterocycles. The lowest BCUT2D eigenvalue weighted by Crippen LogP contribution is -2.13. The summed E-state index contributed by atoms with van der Waals surface area (Å²) in [6.45, 7) is 0. The summed E-state index contributed by atoms with van der Waals surface area (Å²) < 4.78 is 1.78. The van der Waals surface area contributed by atoms with Crippen molar-refractivity contribution in [1.29, 1.82) is 5.26 Å². The summed E-state index contributed by atoms with van der Waals surface area (Å²) in [6, 6.07) is 11.2. The third kappa shape index (κ3) is 3.41. The molecule has 1 amide bonds. The number of hydrogen-bond acceptors (Lipinski definition) is 3. The van der Waals surface area contributed by atoms with Crippen LogP contribution in [0.2, 0.25) is 0 Å². The van der Waals surface area contributed by atoms with Crippen molar-refractivity contribution in [2.24, 2.45) is 7.05 Å². The number of nitrogens with one attached hydrogen (secondary N) is 1. The van der Waals surface area contributed by atoms with E-state index in [1.807, 2.05) is 25.4 Å². The molecule has 0 aliphatic carbocycles. The molecule has 0 spiro atoms. The lowest BCUT2D eigenvalue weighted by molar-refractivity contribution is -0.112. The first-order valence-corrected chi connectivity index (χ1v) is 6.39. The molecule has 6 heteroatoms. The van der Waals surface area contributed by atoms with Crippen LogP contribution in [0.5, 0.6) is 0 Å². The molecule has 2 aromatic rings. The van der Waals surface area contributed by atoms with Crippen LogP contribution in [-0.4, -0.2) is 21.6 Å². The smallest absolute Gasteiger partial charge is 0.335 e. The van der Waals surface area contributed by atoms with Crippen LogP contribution in [0.3, 0.4) is 0 Å². The van der Waals surface area contributed by atoms with Crippen molar-refractivity contribution in [2.45, 2.75) is 0 Å². The number of anilines is 1. The van der Waals surface area contributed by atoms with Crippen LogP contribution in [0.15, 0.2) is 48.2 Å². The average molecular weight is 295 g/mol. The van der Waals surface area contributed by atoms with E-state index in [9.17, 15) is 9.59 Å². The molecule has 6 nitrogen and oxygen atoms in total. The van der Waals surface area contributed by atoms with Gasteiger partial charge in [0.25, 0.3) is 5.91 Å². The highest BCUT2D eigenvalue weighted by Crippen LogP contribution is 2.13. The van der Waals surface area contributed by atoms with Gasteiger partial charge in [-0.15, -0.1) is 0 Å². The lowest BCUT2D eigenvalue weighted by Gasteiger charge is -2.05. The van der Waals surface area contributed by atoms with Crippen molar-refractivity contribution in [2.75, 3.05) is 5.32 Å². The first kappa shape index (κ1) is 15.1. The van der Waals surface area contributed by atoms with Gasteiger partial charge in [0.05, 0.1) is 5.56 Å². The van der Waals surface area contributed by atoms with Gasteiger partial charge < -0.3 is 15.0 Å². The number of nitriles is 1. The monoisotopic (exact) mass is 295 g/mol. The zero-order valence-corrected chi connectivity index (χ0v) is 11.8. The summed E-state index contributed by atoms with van der Waals surface area (Å²) in [7, 11) is 1.81. The molecule has 0 saturated heterocycles. The van der Waals surface area contributed by atoms with Crippen LogP contribution >= 0.6 is 0 Å². The molecule has 2 rings (SSSR count). The third-order valence-electron chi connectivity index (χ3n) is 3.03. The molecule has 22 heavy (non-hydrogen) atoms. The second-order valence-corrected chi connectivity index (χ2v) is 4.55. The topological polar surface area (TPSA) is 95.1 Å². The summed E-state index contributed by atoms with van der Waals surface area (Å²) in [5.41, 5.74) is 1.23. The largest absolute Gasteiger partial charge is 0.478 e.